The molecule has 0 aliphatic carbocycles. The molecular formula is C21H30N6O. The van der Waals surface area contributed by atoms with Crippen LogP contribution >= 0.6 is 0 Å². The molecule has 150 valence electrons. The van der Waals surface area contributed by atoms with Gasteiger partial charge in [-0.25, -0.2) is 0 Å². The number of hydrogen-bond donors (Lipinski definition) is 1. The van der Waals surface area contributed by atoms with Crippen LogP contribution < -0.4 is 5.32 Å². The Hall–Kier alpha value is -2.25. The number of rotatable bonds is 5. The van der Waals surface area contributed by atoms with Crippen molar-refractivity contribution in [2.24, 2.45) is 5.92 Å². The molecule has 2 aliphatic rings. The van der Waals surface area contributed by atoms with Gasteiger partial charge >= 0.3 is 0 Å². The zero-order valence-corrected chi connectivity index (χ0v) is 16.9. The van der Waals surface area contributed by atoms with E-state index in [4.69, 9.17) is 0 Å². The molecule has 7 nitrogen and oxygen atoms in total. The number of aryl methyl sites for hydroxylation is 2. The van der Waals surface area contributed by atoms with Gasteiger partial charge in [-0.1, -0.05) is 6.07 Å². The molecule has 1 N–H and O–H groups in total. The van der Waals surface area contributed by atoms with E-state index in [0.717, 1.165) is 75.6 Å². The maximum atomic E-state index is 13.0. The van der Waals surface area contributed by atoms with Crippen molar-refractivity contribution in [2.75, 3.05) is 39.8 Å². The molecule has 1 saturated heterocycles. The van der Waals surface area contributed by atoms with E-state index < -0.39 is 0 Å². The molecule has 28 heavy (non-hydrogen) atoms. The van der Waals surface area contributed by atoms with Crippen LogP contribution in [0.4, 0.5) is 0 Å². The van der Waals surface area contributed by atoms with Crippen molar-refractivity contribution in [2.45, 2.75) is 32.9 Å². The summed E-state index contributed by atoms with van der Waals surface area (Å²) in [4.78, 5) is 21.7. The Balaban J connectivity index is 1.34. The summed E-state index contributed by atoms with van der Waals surface area (Å²) in [7, 11) is 2.10. The number of aromatic nitrogens is 3. The Morgan fingerprint density at radius 3 is 2.75 bits per heavy atom. The maximum absolute atomic E-state index is 13.0. The van der Waals surface area contributed by atoms with Gasteiger partial charge in [-0.2, -0.15) is 5.10 Å². The van der Waals surface area contributed by atoms with Crippen LogP contribution in [0.25, 0.3) is 0 Å². The zero-order chi connectivity index (χ0) is 19.5. The van der Waals surface area contributed by atoms with Crippen LogP contribution in [0.1, 0.15) is 33.7 Å². The fourth-order valence-electron chi connectivity index (χ4n) is 4.04. The van der Waals surface area contributed by atoms with E-state index in [-0.39, 0.29) is 5.91 Å². The number of hydrogen-bond acceptors (Lipinski definition) is 5. The first kappa shape index (κ1) is 19.1. The lowest BCUT2D eigenvalue weighted by Crippen LogP contribution is -2.47. The van der Waals surface area contributed by atoms with E-state index in [1.165, 1.54) is 5.56 Å². The number of carbonyl (C=O) groups excluding carboxylic acids is 1. The molecule has 4 heterocycles. The number of pyridine rings is 1. The molecule has 1 amide bonds. The van der Waals surface area contributed by atoms with Gasteiger partial charge in [-0.15, -0.1) is 0 Å². The number of piperazine rings is 1. The average molecular weight is 383 g/mol. The summed E-state index contributed by atoms with van der Waals surface area (Å²) in [6.07, 6.45) is 5.68. The van der Waals surface area contributed by atoms with Crippen LogP contribution in [0.5, 0.6) is 0 Å². The van der Waals surface area contributed by atoms with E-state index in [1.807, 2.05) is 15.8 Å². The highest BCUT2D eigenvalue weighted by atomic mass is 16.2. The molecule has 1 fully saturated rings. The standard InChI is InChI=1S/C21H30N6O/c1-16-3-4-18(23-12-16)14-22-13-17-5-6-27-20(11-17)19(15-24-27)21(28)26-9-7-25(2)8-10-26/h3-4,12,15,17,22H,5-11,13-14H2,1-2H3/t17-/m0/s1. The van der Waals surface area contributed by atoms with Gasteiger partial charge in [0.2, 0.25) is 0 Å². The first-order chi connectivity index (χ1) is 13.6. The van der Waals surface area contributed by atoms with Crippen molar-refractivity contribution < 1.29 is 4.79 Å². The Morgan fingerprint density at radius 1 is 1.18 bits per heavy atom. The van der Waals surface area contributed by atoms with Gasteiger partial charge in [0, 0.05) is 45.5 Å². The summed E-state index contributed by atoms with van der Waals surface area (Å²) in [5.74, 6) is 0.667. The Morgan fingerprint density at radius 2 is 2.00 bits per heavy atom. The fraction of sp³-hybridized carbons (Fsp3) is 0.571. The molecule has 0 aromatic carbocycles. The third-order valence-corrected chi connectivity index (χ3v) is 5.91. The number of nitrogens with zero attached hydrogens (tertiary/aromatic N) is 5. The Labute approximate surface area is 166 Å². The molecular weight excluding hydrogens is 352 g/mol. The monoisotopic (exact) mass is 382 g/mol. The highest BCUT2D eigenvalue weighted by Crippen LogP contribution is 2.24. The molecule has 0 unspecified atom stereocenters. The SMILES string of the molecule is Cc1ccc(CNC[C@H]2CCn3ncc(C(=O)N4CCN(C)CC4)c3C2)nc1. The van der Waals surface area contributed by atoms with Crippen molar-refractivity contribution in [3.8, 4) is 0 Å². The number of amides is 1. The third kappa shape index (κ3) is 4.25. The smallest absolute Gasteiger partial charge is 0.257 e. The topological polar surface area (TPSA) is 66.3 Å². The van der Waals surface area contributed by atoms with Gasteiger partial charge in [0.05, 0.1) is 23.1 Å². The molecule has 0 radical (unpaired) electrons. The number of fused-ring (bicyclic) bond motifs is 1. The van der Waals surface area contributed by atoms with Gasteiger partial charge in [-0.05, 0) is 50.9 Å². The normalized spacial score (nSPS) is 20.2. The van der Waals surface area contributed by atoms with Crippen molar-refractivity contribution in [1.82, 2.24) is 29.9 Å². The highest BCUT2D eigenvalue weighted by Gasteiger charge is 2.28. The predicted octanol–water partition coefficient (Wildman–Crippen LogP) is 1.33. The second-order valence-electron chi connectivity index (χ2n) is 8.14. The van der Waals surface area contributed by atoms with Crippen molar-refractivity contribution in [3.05, 3.63) is 47.0 Å². The number of nitrogens with one attached hydrogen (secondary N) is 1. The quantitative estimate of drug-likeness (QED) is 0.845. The molecule has 2 aromatic heterocycles. The van der Waals surface area contributed by atoms with Crippen LogP contribution in [-0.4, -0.2) is 70.2 Å². The minimum atomic E-state index is 0.145. The second-order valence-corrected chi connectivity index (χ2v) is 8.14. The second kappa shape index (κ2) is 8.41. The minimum Gasteiger partial charge on any atom is -0.336 e. The van der Waals surface area contributed by atoms with Gasteiger partial charge < -0.3 is 15.1 Å². The molecule has 7 heteroatoms. The molecule has 2 aromatic rings. The predicted molar refractivity (Wildman–Crippen MR) is 108 cm³/mol. The lowest BCUT2D eigenvalue weighted by molar-refractivity contribution is 0.0662. The fourth-order valence-corrected chi connectivity index (χ4v) is 4.04. The average Bonchev–Trinajstić information content (AvgIpc) is 3.13. The highest BCUT2D eigenvalue weighted by molar-refractivity contribution is 5.95. The van der Waals surface area contributed by atoms with Gasteiger partial charge in [-0.3, -0.25) is 14.5 Å². The lowest BCUT2D eigenvalue weighted by Gasteiger charge is -2.32. The summed E-state index contributed by atoms with van der Waals surface area (Å²) < 4.78 is 2.03. The Bertz CT molecular complexity index is 807. The van der Waals surface area contributed by atoms with Crippen molar-refractivity contribution in [1.29, 1.82) is 0 Å². The molecule has 0 saturated carbocycles. The van der Waals surface area contributed by atoms with E-state index in [2.05, 4.69) is 46.4 Å². The van der Waals surface area contributed by atoms with Crippen LogP contribution in [0.2, 0.25) is 0 Å². The number of carbonyl (C=O) groups is 1. The zero-order valence-electron chi connectivity index (χ0n) is 16.9. The summed E-state index contributed by atoms with van der Waals surface area (Å²) in [5.41, 5.74) is 4.16. The summed E-state index contributed by atoms with van der Waals surface area (Å²) in [6.45, 7) is 8.13. The van der Waals surface area contributed by atoms with Gasteiger partial charge in [0.1, 0.15) is 0 Å². The summed E-state index contributed by atoms with van der Waals surface area (Å²) in [6, 6.07) is 4.17. The van der Waals surface area contributed by atoms with E-state index in [0.29, 0.717) is 5.92 Å². The largest absolute Gasteiger partial charge is 0.336 e. The van der Waals surface area contributed by atoms with Crippen LogP contribution in [-0.2, 0) is 19.5 Å². The summed E-state index contributed by atoms with van der Waals surface area (Å²) >= 11 is 0. The van der Waals surface area contributed by atoms with Gasteiger partial charge in [0.25, 0.3) is 5.91 Å². The van der Waals surface area contributed by atoms with Crippen molar-refractivity contribution >= 4 is 5.91 Å². The third-order valence-electron chi connectivity index (χ3n) is 5.91. The number of likely N-dealkylation sites (N-methyl/N-ethyl adjacent to an activating group) is 1. The molecule has 1 atom stereocenters. The first-order valence-corrected chi connectivity index (χ1v) is 10.2. The van der Waals surface area contributed by atoms with Crippen LogP contribution in [0.3, 0.4) is 0 Å². The Kier molecular flexibility index (Phi) is 5.73. The van der Waals surface area contributed by atoms with E-state index in [1.54, 1.807) is 6.20 Å². The molecule has 0 bridgehead atoms. The lowest BCUT2D eigenvalue weighted by atomic mass is 9.94. The first-order valence-electron chi connectivity index (χ1n) is 10.2. The molecule has 0 spiro atoms. The molecule has 2 aliphatic heterocycles. The summed E-state index contributed by atoms with van der Waals surface area (Å²) in [5, 5.41) is 8.02. The van der Waals surface area contributed by atoms with E-state index >= 15 is 0 Å². The van der Waals surface area contributed by atoms with E-state index in [9.17, 15) is 4.79 Å². The van der Waals surface area contributed by atoms with Crippen molar-refractivity contribution in [3.63, 3.8) is 0 Å². The van der Waals surface area contributed by atoms with Gasteiger partial charge in [0.15, 0.2) is 0 Å². The molecule has 4 rings (SSSR count). The maximum Gasteiger partial charge on any atom is 0.257 e. The van der Waals surface area contributed by atoms with Crippen LogP contribution in [0.15, 0.2) is 24.5 Å². The van der Waals surface area contributed by atoms with Crippen LogP contribution in [0, 0.1) is 12.8 Å². The minimum absolute atomic E-state index is 0.145.